The van der Waals surface area contributed by atoms with Crippen molar-refractivity contribution in [3.05, 3.63) is 249 Å². The van der Waals surface area contributed by atoms with Crippen molar-refractivity contribution >= 4 is 223 Å². The van der Waals surface area contributed by atoms with Crippen LogP contribution in [0.25, 0.3) is 0 Å². The van der Waals surface area contributed by atoms with Gasteiger partial charge in [0.25, 0.3) is 11.8 Å². The molecule has 0 aromatic carbocycles. The Morgan fingerprint density at radius 2 is 0.858 bits per heavy atom. The molecule has 12 aromatic heterocycles. The van der Waals surface area contributed by atoms with Crippen molar-refractivity contribution < 1.29 is 24.6 Å². The lowest BCUT2D eigenvalue weighted by molar-refractivity contribution is 0.0701. The van der Waals surface area contributed by atoms with Crippen molar-refractivity contribution in [2.45, 2.75) is 67.7 Å². The number of hydrogen-bond donors (Lipinski definition) is 8. The van der Waals surface area contributed by atoms with Crippen LogP contribution in [0.15, 0.2) is 121 Å². The first-order chi connectivity index (χ1) is 53.7. The molecule has 13 rings (SSSR count). The van der Waals surface area contributed by atoms with Gasteiger partial charge in [0, 0.05) is 118 Å². The lowest BCUT2D eigenvalue weighted by Crippen LogP contribution is -2.47. The second kappa shape index (κ2) is 47.3. The van der Waals surface area contributed by atoms with Gasteiger partial charge >= 0.3 is 5.97 Å². The van der Waals surface area contributed by atoms with Gasteiger partial charge in [0.05, 0.1) is 151 Å². The van der Waals surface area contributed by atoms with Crippen molar-refractivity contribution in [1.82, 2.24) is 79.7 Å². The molecule has 0 spiro atoms. The van der Waals surface area contributed by atoms with Crippen LogP contribution < -0.4 is 38.5 Å². The Kier molecular flexibility index (Phi) is 39.0. The Morgan fingerprint density at radius 3 is 1.20 bits per heavy atom. The SMILES string of the molecule is Cc1nc(Cc2ncc(C(=O)Nc3c(Cl)ccnc3C)s2)cc(N2CCN(CCO)CC2)n1.Cc1nc(Cl)cc(Cc2ncc(C(=O)Nc3c(Cl)ccnc3C)s2)n1.Cc1nc(Cl)cc(Cc2ncc(C(=O)O)s2)n1.Cc1nccc(Cl)c1N.Cc1nccc(Cl)c1N.Nc1c(Cl)ccnc1Br.Nc1cnccc1Cl.[B][B][B]. The van der Waals surface area contributed by atoms with Crippen molar-refractivity contribution in [2.75, 3.05) is 77.8 Å². The summed E-state index contributed by atoms with van der Waals surface area (Å²) >= 11 is 53.4. The summed E-state index contributed by atoms with van der Waals surface area (Å²) in [6.07, 6.45) is 17.1. The number of amides is 2. The number of nitrogen functional groups attached to an aromatic ring is 4. The van der Waals surface area contributed by atoms with Crippen molar-refractivity contribution in [3.8, 4) is 0 Å². The molecule has 12 aromatic rings. The molecule has 1 aliphatic rings. The minimum atomic E-state index is -0.967. The first-order valence-electron chi connectivity index (χ1n) is 33.0. The summed E-state index contributed by atoms with van der Waals surface area (Å²) in [6.45, 7) is 17.0. The molecule has 0 bridgehead atoms. The van der Waals surface area contributed by atoms with Gasteiger partial charge in [0.2, 0.25) is 0 Å². The number of nitrogens with two attached hydrogens (primary N) is 4. The topological polar surface area (TPSA) is 420 Å². The second-order valence-corrected chi connectivity index (χ2v) is 30.4. The number of carbonyl (C=O) groups is 3. The smallest absolute Gasteiger partial charge is 0.347 e. The third kappa shape index (κ3) is 31.2. The molecule has 0 saturated carbocycles. The van der Waals surface area contributed by atoms with Crippen LogP contribution in [-0.2, 0) is 19.3 Å². The average Bonchev–Trinajstić information content (AvgIpc) is 1.82. The number of rotatable bonds is 14. The number of anilines is 7. The number of carboxylic acid groups (broad SMARTS) is 1. The van der Waals surface area contributed by atoms with E-state index in [1.165, 1.54) is 41.3 Å². The fraction of sp³-hybridized carbons (Fsp3) is 0.229. The summed E-state index contributed by atoms with van der Waals surface area (Å²) in [6, 6.07) is 15.2. The summed E-state index contributed by atoms with van der Waals surface area (Å²) in [5, 5.41) is 29.6. The van der Waals surface area contributed by atoms with Crippen LogP contribution in [0, 0.1) is 48.5 Å². The molecule has 0 unspecified atom stereocenters. The Balaban J connectivity index is 0.000000219. The lowest BCUT2D eigenvalue weighted by atomic mass is 9.40. The van der Waals surface area contributed by atoms with E-state index in [2.05, 4.69) is 127 Å². The highest BCUT2D eigenvalue weighted by atomic mass is 79.9. The van der Waals surface area contributed by atoms with Crippen LogP contribution in [-0.4, -0.2) is 170 Å². The van der Waals surface area contributed by atoms with Gasteiger partial charge in [-0.05, 0) is 113 Å². The summed E-state index contributed by atoms with van der Waals surface area (Å²) in [4.78, 5) is 104. The molecule has 5 radical (unpaired) electrons. The first-order valence-corrected chi connectivity index (χ1v) is 39.3. The largest absolute Gasteiger partial charge is 0.477 e. The molecule has 12 N–H and O–H groups in total. The Hall–Kier alpha value is -8.65. The number of carbonyl (C=O) groups excluding carboxylic acids is 2. The van der Waals surface area contributed by atoms with Gasteiger partial charge in [-0.25, -0.2) is 54.6 Å². The van der Waals surface area contributed by atoms with Gasteiger partial charge in [-0.1, -0.05) is 92.8 Å². The molecule has 585 valence electrons. The highest BCUT2D eigenvalue weighted by Crippen LogP contribution is 2.30. The maximum Gasteiger partial charge on any atom is 0.347 e. The molecular formula is C70H70B3BrCl8N23O5S3. The zero-order valence-electron chi connectivity index (χ0n) is 61.2. The normalized spacial score (nSPS) is 11.2. The minimum absolute atomic E-state index is 0.180. The fourth-order valence-electron chi connectivity index (χ4n) is 9.15. The number of nitrogens with zero attached hydrogens (tertiary/aromatic N) is 17. The maximum atomic E-state index is 12.7. The van der Waals surface area contributed by atoms with E-state index in [-0.39, 0.29) is 23.3 Å². The van der Waals surface area contributed by atoms with Gasteiger partial charge in [0.1, 0.15) is 52.8 Å². The summed E-state index contributed by atoms with van der Waals surface area (Å²) in [7, 11) is 10.0. The lowest BCUT2D eigenvalue weighted by Gasteiger charge is -2.35. The molecule has 113 heavy (non-hydrogen) atoms. The van der Waals surface area contributed by atoms with Crippen molar-refractivity contribution in [3.63, 3.8) is 0 Å². The quantitative estimate of drug-likeness (QED) is 0.0285. The number of thiazole rings is 3. The molecule has 43 heteroatoms. The predicted molar refractivity (Wildman–Crippen MR) is 461 cm³/mol. The summed E-state index contributed by atoms with van der Waals surface area (Å²) in [5.74, 6) is 1.27. The highest BCUT2D eigenvalue weighted by Gasteiger charge is 2.21. The van der Waals surface area contributed by atoms with Crippen LogP contribution in [0.2, 0.25) is 40.4 Å². The standard InChI is InChI=1S/C22H26ClN7O2S.C16H13Cl2N5OS.C10H8ClN3O2S.2C6H7ClN2.C5H4BrClN2.C5H5ClN2.B3/c1-14-21(17(23)3-4-24-14)28-22(32)18-13-25-20(33-18)12-16-11-19(27-15(2)26-16)30-7-5-29(6-8-30)9-10-31;1-8-15(11(17)3-4-19-8)23-16(24)12-7-20-14(25-12)6-10-5-13(18)22-9(2)21-10;1-5-13-6(2-8(11)14-5)3-9-12-4-7(17-9)10(15)16;2*1-4-6(8)5(7)2-3-9-4;6-5-4(8)3(7)1-2-9-5;6-4-1-2-8-3-5(4)7;1-3-2/h3-4,11,13,31H,5-10,12H2,1-2H3,(H,28,32);3-5,7H,6H2,1-2H3,(H,23,24);2,4H,3H2,1H3,(H,15,16);2*2-3H,8H2,1H3;1-2H,8H2;1-3H,7H2;. The molecule has 0 aliphatic carbocycles. The van der Waals surface area contributed by atoms with Crippen LogP contribution in [0.3, 0.4) is 0 Å². The van der Waals surface area contributed by atoms with Gasteiger partial charge in [0.15, 0.2) is 0 Å². The molecular weight excluding hydrogens is 1740 g/mol. The molecule has 13 heterocycles. The van der Waals surface area contributed by atoms with Crippen molar-refractivity contribution in [1.29, 1.82) is 0 Å². The Morgan fingerprint density at radius 1 is 0.487 bits per heavy atom. The molecule has 0 atom stereocenters. The van der Waals surface area contributed by atoms with E-state index in [0.717, 1.165) is 88.9 Å². The number of halogens is 9. The van der Waals surface area contributed by atoms with Crippen LogP contribution in [0.4, 0.5) is 39.9 Å². The van der Waals surface area contributed by atoms with E-state index in [1.807, 2.05) is 26.8 Å². The third-order valence-corrected chi connectivity index (χ3v) is 20.6. The number of nitrogens with one attached hydrogen (secondary N) is 2. The minimum Gasteiger partial charge on any atom is -0.477 e. The Bertz CT molecular complexity index is 4880. The highest BCUT2D eigenvalue weighted by molar-refractivity contribution is 9.10. The second-order valence-electron chi connectivity index (χ2n) is 23.1. The number of hydrogen-bond acceptors (Lipinski definition) is 28. The summed E-state index contributed by atoms with van der Waals surface area (Å²) < 4.78 is 0.593. The van der Waals surface area contributed by atoms with Gasteiger partial charge in [-0.3, -0.25) is 39.4 Å². The number of piperazine rings is 1. The number of aliphatic hydroxyl groups is 1. The zero-order chi connectivity index (χ0) is 83.0. The molecule has 1 saturated heterocycles. The molecule has 1 fully saturated rings. The summed E-state index contributed by atoms with van der Waals surface area (Å²) in [5.41, 5.74) is 30.1. The number of carboxylic acids is 1. The Labute approximate surface area is 715 Å². The van der Waals surface area contributed by atoms with E-state index in [9.17, 15) is 14.4 Å². The predicted octanol–water partition coefficient (Wildman–Crippen LogP) is 14.3. The first kappa shape index (κ1) is 93.2. The number of pyridine rings is 6. The number of aliphatic hydroxyl groups excluding tert-OH is 1. The van der Waals surface area contributed by atoms with E-state index >= 15 is 0 Å². The zero-order valence-corrected chi connectivity index (χ0v) is 71.3. The third-order valence-electron chi connectivity index (χ3n) is 14.6. The monoisotopic (exact) mass is 1800 g/mol. The van der Waals surface area contributed by atoms with Crippen LogP contribution >= 0.6 is 143 Å². The van der Waals surface area contributed by atoms with Gasteiger partial charge < -0.3 is 48.7 Å². The molecule has 2 amide bonds. The van der Waals surface area contributed by atoms with E-state index in [4.69, 9.17) is 126 Å². The van der Waals surface area contributed by atoms with E-state index in [0.29, 0.717) is 149 Å². The van der Waals surface area contributed by atoms with Crippen molar-refractivity contribution in [2.24, 2.45) is 0 Å². The number of aromatic nitrogens is 15. The molecule has 1 aliphatic heterocycles. The van der Waals surface area contributed by atoms with Gasteiger partial charge in [-0.2, -0.15) is 0 Å². The van der Waals surface area contributed by atoms with E-state index in [1.54, 1.807) is 120 Å². The van der Waals surface area contributed by atoms with Gasteiger partial charge in [-0.15, -0.1) is 34.0 Å². The number of aromatic carboxylic acids is 1. The fourth-order valence-corrected chi connectivity index (χ4v) is 13.6. The average molecular weight is 1810 g/mol. The van der Waals surface area contributed by atoms with Crippen LogP contribution in [0.5, 0.6) is 0 Å². The number of β-amino-alcohol motifs (C(OH)–C–C–N with tert-alkyl or cyclic N) is 1. The van der Waals surface area contributed by atoms with E-state index < -0.39 is 5.97 Å². The molecule has 28 nitrogen and oxygen atoms in total. The number of aryl methyl sites for hydroxylation is 7. The van der Waals surface area contributed by atoms with Crippen LogP contribution in [0.1, 0.15) is 101 Å². The maximum absolute atomic E-state index is 12.7.